The van der Waals surface area contributed by atoms with Crippen LogP contribution < -0.4 is 10.1 Å². The lowest BCUT2D eigenvalue weighted by atomic mass is 9.99. The molecule has 0 saturated carbocycles. The van der Waals surface area contributed by atoms with E-state index in [1.807, 2.05) is 30.3 Å². The highest BCUT2D eigenvalue weighted by molar-refractivity contribution is 7.89. The third-order valence-corrected chi connectivity index (χ3v) is 8.75. The molecule has 5 rings (SSSR count). The topological polar surface area (TPSA) is 119 Å². The number of benzene rings is 3. The number of ether oxygens (including phenoxy) is 1. The van der Waals surface area contributed by atoms with Gasteiger partial charge in [0.15, 0.2) is 5.01 Å². The number of carbonyl (C=O) groups is 2. The number of nitrogens with zero attached hydrogens (tertiary/aromatic N) is 3. The standard InChI is InChI=1S/C26H21ClN4O5S2/c27-20-9-11-21(12-10-20)36-16-23-29-30-26(37-23)28-25(33)18-7-4-8-22(13-18)38(34,35)31-15-19(14-24(31)32)17-5-2-1-3-6-17/h1-13,19H,14-16H2,(H,28,30,33)/t19-/m0/s1. The van der Waals surface area contributed by atoms with Crippen molar-refractivity contribution >= 4 is 49.9 Å². The van der Waals surface area contributed by atoms with Gasteiger partial charge in [-0.2, -0.15) is 0 Å². The Bertz CT molecular complexity index is 1580. The lowest BCUT2D eigenvalue weighted by Crippen LogP contribution is -2.32. The maximum absolute atomic E-state index is 13.3. The van der Waals surface area contributed by atoms with Crippen LogP contribution in [0.2, 0.25) is 5.02 Å². The Kier molecular flexibility index (Phi) is 7.41. The van der Waals surface area contributed by atoms with E-state index in [9.17, 15) is 18.0 Å². The van der Waals surface area contributed by atoms with Gasteiger partial charge in [0.25, 0.3) is 15.9 Å². The summed E-state index contributed by atoms with van der Waals surface area (Å²) < 4.78 is 33.1. The Morgan fingerprint density at radius 3 is 2.58 bits per heavy atom. The van der Waals surface area contributed by atoms with Crippen LogP contribution in [0.25, 0.3) is 0 Å². The van der Waals surface area contributed by atoms with Gasteiger partial charge in [-0.25, -0.2) is 12.7 Å². The minimum Gasteiger partial charge on any atom is -0.486 e. The van der Waals surface area contributed by atoms with E-state index in [2.05, 4.69) is 15.5 Å². The van der Waals surface area contributed by atoms with Crippen LogP contribution in [0.4, 0.5) is 5.13 Å². The first-order chi connectivity index (χ1) is 18.3. The number of sulfonamides is 1. The van der Waals surface area contributed by atoms with Gasteiger partial charge in [-0.3, -0.25) is 14.9 Å². The number of nitrogens with one attached hydrogen (secondary N) is 1. The molecular weight excluding hydrogens is 548 g/mol. The Hall–Kier alpha value is -3.80. The van der Waals surface area contributed by atoms with E-state index in [1.165, 1.54) is 24.3 Å². The number of rotatable bonds is 8. The Balaban J connectivity index is 1.25. The lowest BCUT2D eigenvalue weighted by molar-refractivity contribution is -0.123. The minimum atomic E-state index is -4.14. The van der Waals surface area contributed by atoms with E-state index in [0.29, 0.717) is 15.8 Å². The number of anilines is 1. The summed E-state index contributed by atoms with van der Waals surface area (Å²) in [6, 6.07) is 21.8. The zero-order valence-electron chi connectivity index (χ0n) is 19.8. The Labute approximate surface area is 228 Å². The first kappa shape index (κ1) is 25.8. The Morgan fingerprint density at radius 2 is 1.82 bits per heavy atom. The van der Waals surface area contributed by atoms with Crippen LogP contribution in [-0.2, 0) is 21.4 Å². The molecule has 1 aliphatic heterocycles. The SMILES string of the molecule is O=C(Nc1nnc(COc2ccc(Cl)cc2)s1)c1cccc(S(=O)(=O)N2C[C@@H](c3ccccc3)CC2=O)c1. The summed E-state index contributed by atoms with van der Waals surface area (Å²) in [5.41, 5.74) is 1.01. The number of amides is 2. The first-order valence-electron chi connectivity index (χ1n) is 11.5. The highest BCUT2D eigenvalue weighted by Gasteiger charge is 2.39. The molecule has 12 heteroatoms. The van der Waals surface area contributed by atoms with Gasteiger partial charge in [0.2, 0.25) is 11.0 Å². The fraction of sp³-hybridized carbons (Fsp3) is 0.154. The largest absolute Gasteiger partial charge is 0.486 e. The van der Waals surface area contributed by atoms with Crippen molar-refractivity contribution in [2.45, 2.75) is 23.8 Å². The average molecular weight is 569 g/mol. The van der Waals surface area contributed by atoms with E-state index in [1.54, 1.807) is 24.3 Å². The van der Waals surface area contributed by atoms with Crippen LogP contribution in [0.1, 0.15) is 33.3 Å². The molecule has 0 bridgehead atoms. The maximum Gasteiger partial charge on any atom is 0.266 e. The second-order valence-electron chi connectivity index (χ2n) is 8.47. The molecular formula is C26H21ClN4O5S2. The molecule has 1 aromatic heterocycles. The van der Waals surface area contributed by atoms with Crippen molar-refractivity contribution < 1.29 is 22.7 Å². The molecule has 1 aliphatic rings. The van der Waals surface area contributed by atoms with Crippen molar-refractivity contribution in [3.8, 4) is 5.75 Å². The second-order valence-corrected chi connectivity index (χ2v) is 11.8. The normalized spacial score (nSPS) is 15.4. The number of carbonyl (C=O) groups excluding carboxylic acids is 2. The fourth-order valence-corrected chi connectivity index (χ4v) is 6.27. The van der Waals surface area contributed by atoms with E-state index in [0.717, 1.165) is 21.2 Å². The van der Waals surface area contributed by atoms with E-state index >= 15 is 0 Å². The summed E-state index contributed by atoms with van der Waals surface area (Å²) in [6.07, 6.45) is 0.102. The highest BCUT2D eigenvalue weighted by Crippen LogP contribution is 2.32. The monoisotopic (exact) mass is 568 g/mol. The number of hydrogen-bond acceptors (Lipinski definition) is 8. The van der Waals surface area contributed by atoms with Gasteiger partial charge in [0.05, 0.1) is 4.90 Å². The third kappa shape index (κ3) is 5.69. The smallest absolute Gasteiger partial charge is 0.266 e. The van der Waals surface area contributed by atoms with Crippen molar-refractivity contribution in [3.05, 3.63) is 100 Å². The second kappa shape index (κ2) is 10.9. The van der Waals surface area contributed by atoms with E-state index < -0.39 is 21.8 Å². The summed E-state index contributed by atoms with van der Waals surface area (Å²) in [7, 11) is -4.14. The maximum atomic E-state index is 13.3. The van der Waals surface area contributed by atoms with Gasteiger partial charge in [-0.15, -0.1) is 10.2 Å². The minimum absolute atomic E-state index is 0.0489. The molecule has 0 radical (unpaired) electrons. The van der Waals surface area contributed by atoms with Crippen LogP contribution in [0.3, 0.4) is 0 Å². The van der Waals surface area contributed by atoms with Crippen molar-refractivity contribution in [1.82, 2.24) is 14.5 Å². The number of aromatic nitrogens is 2. The molecule has 1 N–H and O–H groups in total. The number of halogens is 1. The van der Waals surface area contributed by atoms with Gasteiger partial charge in [0, 0.05) is 29.5 Å². The quantitative estimate of drug-likeness (QED) is 0.326. The zero-order valence-corrected chi connectivity index (χ0v) is 22.2. The third-order valence-electron chi connectivity index (χ3n) is 5.90. The van der Waals surface area contributed by atoms with Crippen molar-refractivity contribution in [2.24, 2.45) is 0 Å². The van der Waals surface area contributed by atoms with Gasteiger partial charge in [-0.1, -0.05) is 59.3 Å². The molecule has 1 saturated heterocycles. The summed E-state index contributed by atoms with van der Waals surface area (Å²) in [5.74, 6) is -0.644. The molecule has 2 heterocycles. The predicted molar refractivity (Wildman–Crippen MR) is 143 cm³/mol. The van der Waals surface area contributed by atoms with Crippen molar-refractivity contribution in [1.29, 1.82) is 0 Å². The average Bonchev–Trinajstić information content (AvgIpc) is 3.55. The summed E-state index contributed by atoms with van der Waals surface area (Å²) in [6.45, 7) is 0.198. The zero-order chi connectivity index (χ0) is 26.7. The first-order valence-corrected chi connectivity index (χ1v) is 14.2. The van der Waals surface area contributed by atoms with Crippen LogP contribution >= 0.6 is 22.9 Å². The fourth-order valence-electron chi connectivity index (χ4n) is 3.99. The van der Waals surface area contributed by atoms with Crippen molar-refractivity contribution in [3.63, 3.8) is 0 Å². The van der Waals surface area contributed by atoms with E-state index in [-0.39, 0.29) is 41.1 Å². The molecule has 194 valence electrons. The molecule has 2 amide bonds. The van der Waals surface area contributed by atoms with Gasteiger partial charge in [0.1, 0.15) is 12.4 Å². The van der Waals surface area contributed by atoms with E-state index in [4.69, 9.17) is 16.3 Å². The molecule has 38 heavy (non-hydrogen) atoms. The van der Waals surface area contributed by atoms with Crippen LogP contribution in [-0.4, -0.2) is 41.3 Å². The van der Waals surface area contributed by atoms with Crippen molar-refractivity contribution in [2.75, 3.05) is 11.9 Å². The summed E-state index contributed by atoms with van der Waals surface area (Å²) in [5, 5.41) is 12.0. The summed E-state index contributed by atoms with van der Waals surface area (Å²) >= 11 is 7.00. The molecule has 1 fully saturated rings. The van der Waals surface area contributed by atoms with Crippen LogP contribution in [0, 0.1) is 0 Å². The Morgan fingerprint density at radius 1 is 1.05 bits per heavy atom. The lowest BCUT2D eigenvalue weighted by Gasteiger charge is -2.17. The molecule has 0 aliphatic carbocycles. The van der Waals surface area contributed by atoms with Gasteiger partial charge < -0.3 is 4.74 Å². The van der Waals surface area contributed by atoms with Crippen LogP contribution in [0.15, 0.2) is 83.8 Å². The molecule has 3 aromatic carbocycles. The molecule has 1 atom stereocenters. The number of hydrogen-bond donors (Lipinski definition) is 1. The molecule has 4 aromatic rings. The van der Waals surface area contributed by atoms with Gasteiger partial charge in [-0.05, 0) is 48.0 Å². The van der Waals surface area contributed by atoms with Gasteiger partial charge >= 0.3 is 0 Å². The summed E-state index contributed by atoms with van der Waals surface area (Å²) in [4.78, 5) is 25.3. The highest BCUT2D eigenvalue weighted by atomic mass is 35.5. The molecule has 0 unspecified atom stereocenters. The predicted octanol–water partition coefficient (Wildman–Crippen LogP) is 4.73. The molecule has 0 spiro atoms. The molecule has 9 nitrogen and oxygen atoms in total. The van der Waals surface area contributed by atoms with Crippen LogP contribution in [0.5, 0.6) is 5.75 Å².